The van der Waals surface area contributed by atoms with Crippen molar-refractivity contribution in [1.82, 2.24) is 5.32 Å². The van der Waals surface area contributed by atoms with E-state index in [1.54, 1.807) is 6.07 Å². The largest absolute Gasteiger partial charge is 0.485 e. The number of hydrogen-bond acceptors (Lipinski definition) is 4. The molecule has 2 atom stereocenters. The number of hydrogen-bond donors (Lipinski definition) is 1. The highest BCUT2D eigenvalue weighted by Crippen LogP contribution is 2.30. The van der Waals surface area contributed by atoms with Crippen LogP contribution in [0.4, 0.5) is 0 Å². The van der Waals surface area contributed by atoms with Crippen molar-refractivity contribution in [3.63, 3.8) is 0 Å². The molecular formula is C19H19NO4. The van der Waals surface area contributed by atoms with Crippen molar-refractivity contribution in [2.24, 2.45) is 0 Å². The number of benzene rings is 2. The first-order chi connectivity index (χ1) is 11.8. The molecule has 2 aliphatic rings. The third kappa shape index (κ3) is 3.08. The maximum absolute atomic E-state index is 12.3. The lowest BCUT2D eigenvalue weighted by atomic mass is 9.99. The lowest BCUT2D eigenvalue weighted by Crippen LogP contribution is -2.47. The highest BCUT2D eigenvalue weighted by atomic mass is 16.6. The first-order valence-electron chi connectivity index (χ1n) is 8.14. The summed E-state index contributed by atoms with van der Waals surface area (Å²) in [6.45, 7) is 1.28. The zero-order valence-electron chi connectivity index (χ0n) is 13.2. The van der Waals surface area contributed by atoms with Gasteiger partial charge in [-0.15, -0.1) is 0 Å². The number of ether oxygens (including phenoxy) is 3. The van der Waals surface area contributed by atoms with E-state index in [4.69, 9.17) is 14.2 Å². The Morgan fingerprint density at radius 2 is 1.79 bits per heavy atom. The zero-order chi connectivity index (χ0) is 16.4. The van der Waals surface area contributed by atoms with Gasteiger partial charge in [-0.1, -0.05) is 36.4 Å². The van der Waals surface area contributed by atoms with Crippen LogP contribution in [0.5, 0.6) is 11.5 Å². The van der Waals surface area contributed by atoms with Gasteiger partial charge in [0, 0.05) is 13.0 Å². The summed E-state index contributed by atoms with van der Waals surface area (Å²) in [5, 5.41) is 2.91. The first-order valence-corrected chi connectivity index (χ1v) is 8.14. The highest BCUT2D eigenvalue weighted by molar-refractivity contribution is 5.81. The summed E-state index contributed by atoms with van der Waals surface area (Å²) in [6.07, 6.45) is 0.165. The van der Waals surface area contributed by atoms with Crippen LogP contribution >= 0.6 is 0 Å². The number of para-hydroxylation sites is 2. The van der Waals surface area contributed by atoms with Crippen molar-refractivity contribution in [2.45, 2.75) is 25.2 Å². The van der Waals surface area contributed by atoms with Gasteiger partial charge >= 0.3 is 0 Å². The zero-order valence-corrected chi connectivity index (χ0v) is 13.2. The van der Waals surface area contributed by atoms with Crippen molar-refractivity contribution in [3.8, 4) is 11.5 Å². The minimum atomic E-state index is -0.629. The van der Waals surface area contributed by atoms with E-state index in [2.05, 4.69) is 17.4 Å². The van der Waals surface area contributed by atoms with Crippen LogP contribution < -0.4 is 14.8 Å². The summed E-state index contributed by atoms with van der Waals surface area (Å²) < 4.78 is 17.1. The van der Waals surface area contributed by atoms with Gasteiger partial charge in [0.05, 0.1) is 12.7 Å². The SMILES string of the molecule is O=C(NC[C@H]1Cc2ccccc2CO1)[C@H]1COc2ccccc2O1. The molecule has 0 radical (unpaired) electrons. The molecule has 4 rings (SSSR count). The minimum Gasteiger partial charge on any atom is -0.485 e. The maximum Gasteiger partial charge on any atom is 0.264 e. The molecule has 0 saturated heterocycles. The number of carbonyl (C=O) groups excluding carboxylic acids is 1. The maximum atomic E-state index is 12.3. The second kappa shape index (κ2) is 6.53. The van der Waals surface area contributed by atoms with E-state index < -0.39 is 6.10 Å². The molecule has 2 heterocycles. The summed E-state index contributed by atoms with van der Waals surface area (Å²) >= 11 is 0. The van der Waals surface area contributed by atoms with Crippen LogP contribution in [-0.2, 0) is 22.6 Å². The molecule has 5 heteroatoms. The Kier molecular flexibility index (Phi) is 4.09. The van der Waals surface area contributed by atoms with Gasteiger partial charge in [0.1, 0.15) is 6.61 Å². The van der Waals surface area contributed by atoms with Crippen molar-refractivity contribution in [1.29, 1.82) is 0 Å². The van der Waals surface area contributed by atoms with E-state index in [0.29, 0.717) is 24.7 Å². The fraction of sp³-hybridized carbons (Fsp3) is 0.316. The van der Waals surface area contributed by atoms with Crippen molar-refractivity contribution < 1.29 is 19.0 Å². The van der Waals surface area contributed by atoms with Crippen LogP contribution in [0.1, 0.15) is 11.1 Å². The predicted octanol–water partition coefficient (Wildman–Crippen LogP) is 2.08. The summed E-state index contributed by atoms with van der Waals surface area (Å²) in [5.41, 5.74) is 2.51. The van der Waals surface area contributed by atoms with Crippen LogP contribution in [0.2, 0.25) is 0 Å². The molecule has 24 heavy (non-hydrogen) atoms. The Morgan fingerprint density at radius 3 is 2.67 bits per heavy atom. The Hall–Kier alpha value is -2.53. The molecule has 2 aliphatic heterocycles. The Bertz CT molecular complexity index is 746. The highest BCUT2D eigenvalue weighted by Gasteiger charge is 2.28. The molecule has 0 aromatic heterocycles. The Labute approximate surface area is 140 Å². The molecule has 0 fully saturated rings. The van der Waals surface area contributed by atoms with E-state index in [1.165, 1.54) is 11.1 Å². The van der Waals surface area contributed by atoms with Crippen LogP contribution in [-0.4, -0.2) is 31.3 Å². The lowest BCUT2D eigenvalue weighted by Gasteiger charge is -2.28. The fourth-order valence-corrected chi connectivity index (χ4v) is 3.02. The number of nitrogens with one attached hydrogen (secondary N) is 1. The second-order valence-corrected chi connectivity index (χ2v) is 6.02. The average Bonchev–Trinajstić information content (AvgIpc) is 2.65. The molecule has 0 unspecified atom stereocenters. The number of rotatable bonds is 3. The van der Waals surface area contributed by atoms with Gasteiger partial charge in [0.25, 0.3) is 5.91 Å². The van der Waals surface area contributed by atoms with Gasteiger partial charge in [-0.05, 0) is 23.3 Å². The third-order valence-corrected chi connectivity index (χ3v) is 4.35. The number of fused-ring (bicyclic) bond motifs is 2. The second-order valence-electron chi connectivity index (χ2n) is 6.02. The van der Waals surface area contributed by atoms with Gasteiger partial charge in [0.2, 0.25) is 6.10 Å². The summed E-state index contributed by atoms with van der Waals surface area (Å²) in [4.78, 5) is 12.3. The van der Waals surface area contributed by atoms with Gasteiger partial charge in [-0.25, -0.2) is 0 Å². The topological polar surface area (TPSA) is 56.8 Å². The van der Waals surface area contributed by atoms with Crippen LogP contribution in [0.25, 0.3) is 0 Å². The molecule has 5 nitrogen and oxygen atoms in total. The summed E-state index contributed by atoms with van der Waals surface area (Å²) in [6, 6.07) is 15.6. The van der Waals surface area contributed by atoms with Crippen molar-refractivity contribution in [3.05, 3.63) is 59.7 Å². The fourth-order valence-electron chi connectivity index (χ4n) is 3.02. The normalized spacial score (nSPS) is 21.7. The van der Waals surface area contributed by atoms with Crippen molar-refractivity contribution in [2.75, 3.05) is 13.2 Å². The molecule has 1 N–H and O–H groups in total. The Morgan fingerprint density at radius 1 is 1.04 bits per heavy atom. The number of amides is 1. The molecule has 124 valence electrons. The van der Waals surface area contributed by atoms with Gasteiger partial charge in [-0.2, -0.15) is 0 Å². The van der Waals surface area contributed by atoms with Gasteiger partial charge in [0.15, 0.2) is 11.5 Å². The molecule has 1 amide bonds. The molecule has 0 aliphatic carbocycles. The lowest BCUT2D eigenvalue weighted by molar-refractivity contribution is -0.131. The van der Waals surface area contributed by atoms with E-state index >= 15 is 0 Å². The van der Waals surface area contributed by atoms with Crippen LogP contribution in [0.3, 0.4) is 0 Å². The van der Waals surface area contributed by atoms with E-state index in [-0.39, 0.29) is 18.6 Å². The van der Waals surface area contributed by atoms with Gasteiger partial charge < -0.3 is 19.5 Å². The van der Waals surface area contributed by atoms with Crippen molar-refractivity contribution >= 4 is 5.91 Å². The molecule has 2 aromatic carbocycles. The number of carbonyl (C=O) groups is 1. The summed E-state index contributed by atoms with van der Waals surface area (Å²) in [7, 11) is 0. The van der Waals surface area contributed by atoms with E-state index in [9.17, 15) is 4.79 Å². The molecule has 0 saturated carbocycles. The third-order valence-electron chi connectivity index (χ3n) is 4.35. The van der Waals surface area contributed by atoms with E-state index in [1.807, 2.05) is 30.3 Å². The van der Waals surface area contributed by atoms with Crippen LogP contribution in [0, 0.1) is 0 Å². The minimum absolute atomic E-state index is 0.0133. The Balaban J connectivity index is 1.32. The molecule has 2 aromatic rings. The average molecular weight is 325 g/mol. The van der Waals surface area contributed by atoms with E-state index in [0.717, 1.165) is 6.42 Å². The summed E-state index contributed by atoms with van der Waals surface area (Å²) in [5.74, 6) is 1.10. The standard InChI is InChI=1S/C19H19NO4/c21-19(18-12-23-16-7-3-4-8-17(16)24-18)20-10-15-9-13-5-1-2-6-14(13)11-22-15/h1-8,15,18H,9-12H2,(H,20,21)/t15-,18-/m1/s1. The quantitative estimate of drug-likeness (QED) is 0.939. The predicted molar refractivity (Wildman–Crippen MR) is 88.1 cm³/mol. The molecule has 0 spiro atoms. The monoisotopic (exact) mass is 325 g/mol. The smallest absolute Gasteiger partial charge is 0.264 e. The van der Waals surface area contributed by atoms with Gasteiger partial charge in [-0.3, -0.25) is 4.79 Å². The molecule has 0 bridgehead atoms. The first kappa shape index (κ1) is 15.0. The molecular weight excluding hydrogens is 306 g/mol. The van der Waals surface area contributed by atoms with Crippen LogP contribution in [0.15, 0.2) is 48.5 Å².